The molecule has 1 heterocycles. The molecule has 0 aliphatic carbocycles. The quantitative estimate of drug-likeness (QED) is 0.399. The van der Waals surface area contributed by atoms with Crippen molar-refractivity contribution in [2.75, 3.05) is 6.54 Å². The van der Waals surface area contributed by atoms with Gasteiger partial charge >= 0.3 is 0 Å². The second-order valence-corrected chi connectivity index (χ2v) is 0.548. The summed E-state index contributed by atoms with van der Waals surface area (Å²) in [6.07, 6.45) is 1.88. The van der Waals surface area contributed by atoms with E-state index >= 15 is 0 Å². The van der Waals surface area contributed by atoms with E-state index in [0.29, 0.717) is 0 Å². The summed E-state index contributed by atoms with van der Waals surface area (Å²) < 4.78 is 0. The summed E-state index contributed by atoms with van der Waals surface area (Å²) in [5, 5.41) is 0. The molecule has 2 heteroatoms. The first kappa shape index (κ1) is 3.96. The van der Waals surface area contributed by atoms with Crippen LogP contribution in [0.15, 0.2) is 4.99 Å². The lowest BCUT2D eigenvalue weighted by Crippen LogP contribution is -1.29. The van der Waals surface area contributed by atoms with Gasteiger partial charge in [-0.15, -0.1) is 12.4 Å². The summed E-state index contributed by atoms with van der Waals surface area (Å²) in [5.41, 5.74) is 0. The Morgan fingerprint density at radius 3 is 2.00 bits per heavy atom. The van der Waals surface area contributed by atoms with Gasteiger partial charge in [-0.1, -0.05) is 0 Å². The van der Waals surface area contributed by atoms with Gasteiger partial charge in [0.25, 0.3) is 0 Å². The van der Waals surface area contributed by atoms with Crippen LogP contribution >= 0.6 is 12.4 Å². The molecule has 0 atom stereocenters. The van der Waals surface area contributed by atoms with Crippen molar-refractivity contribution in [2.45, 2.75) is 0 Å². The molecule has 0 aromatic carbocycles. The molecule has 24 valence electrons. The van der Waals surface area contributed by atoms with Crippen molar-refractivity contribution in [3.05, 3.63) is 0 Å². The minimum Gasteiger partial charge on any atom is -0.290 e. The van der Waals surface area contributed by atoms with Crippen LogP contribution in [0.2, 0.25) is 0 Å². The molecule has 0 spiro atoms. The molecule has 1 aliphatic heterocycles. The molecule has 0 amide bonds. The smallest absolute Gasteiger partial charge is 0.0734 e. The molecule has 0 saturated carbocycles. The van der Waals surface area contributed by atoms with E-state index in [4.69, 9.17) is 0 Å². The van der Waals surface area contributed by atoms with Crippen LogP contribution in [0.25, 0.3) is 0 Å². The van der Waals surface area contributed by atoms with Crippen molar-refractivity contribution in [1.82, 2.24) is 0 Å². The predicted octanol–water partition coefficient (Wildman–Crippen LogP) is 0.493. The van der Waals surface area contributed by atoms with Crippen LogP contribution in [0.4, 0.5) is 0 Å². The third-order valence-corrected chi connectivity index (χ3v) is 0.183. The molecule has 1 rings (SSSR count). The number of hydrogen-bond donors (Lipinski definition) is 0. The Labute approximate surface area is 31.1 Å². The fourth-order valence-electron chi connectivity index (χ4n) is 0. The maximum atomic E-state index is 3.62. The zero-order chi connectivity index (χ0) is 2.12. The van der Waals surface area contributed by atoms with Crippen molar-refractivity contribution in [3.8, 4) is 0 Å². The van der Waals surface area contributed by atoms with E-state index in [0.717, 1.165) is 6.54 Å². The third-order valence-electron chi connectivity index (χ3n) is 0.183. The van der Waals surface area contributed by atoms with Gasteiger partial charge in [-0.05, 0) is 0 Å². The van der Waals surface area contributed by atoms with Crippen LogP contribution in [-0.2, 0) is 0 Å². The fraction of sp³-hybridized carbons (Fsp3) is 0.500. The van der Waals surface area contributed by atoms with Gasteiger partial charge in [0.1, 0.15) is 0 Å². The molecule has 0 saturated heterocycles. The summed E-state index contributed by atoms with van der Waals surface area (Å²) in [7, 11) is 0. The molecule has 0 unspecified atom stereocenters. The Kier molecular flexibility index (Phi) is 1.28. The third kappa shape index (κ3) is 1.96. The van der Waals surface area contributed by atoms with Gasteiger partial charge in [0.05, 0.1) is 6.54 Å². The highest BCUT2D eigenvalue weighted by atomic mass is 35.5. The maximum Gasteiger partial charge on any atom is 0.0734 e. The first-order valence-corrected chi connectivity index (χ1v) is 0.983. The molecule has 0 bridgehead atoms. The Balaban J connectivity index is 0.0000000900. The van der Waals surface area contributed by atoms with Gasteiger partial charge in [-0.3, -0.25) is 4.99 Å². The lowest BCUT2D eigenvalue weighted by molar-refractivity contribution is 1.57. The summed E-state index contributed by atoms with van der Waals surface area (Å²) >= 11 is 0. The van der Waals surface area contributed by atoms with Crippen LogP contribution in [0.5, 0.6) is 0 Å². The Morgan fingerprint density at radius 1 is 1.75 bits per heavy atom. The molecule has 0 fully saturated rings. The Bertz CT molecular complexity index is 29.0. The lowest BCUT2D eigenvalue weighted by atomic mass is 11.0. The number of halogens is 1. The van der Waals surface area contributed by atoms with Crippen molar-refractivity contribution in [1.29, 1.82) is 0 Å². The number of rotatable bonds is 0. The fourth-order valence-corrected chi connectivity index (χ4v) is 0. The number of nitrogens with zero attached hydrogens (tertiary/aromatic N) is 1. The van der Waals surface area contributed by atoms with Gasteiger partial charge in [0.15, 0.2) is 0 Å². The second kappa shape index (κ2) is 1.30. The van der Waals surface area contributed by atoms with Crippen LogP contribution in [-0.4, -0.2) is 12.8 Å². The summed E-state index contributed by atoms with van der Waals surface area (Å²) in [6, 6.07) is 0. The van der Waals surface area contributed by atoms with E-state index < -0.39 is 0 Å². The molecule has 0 aromatic heterocycles. The van der Waals surface area contributed by atoms with Crippen molar-refractivity contribution < 1.29 is 0 Å². The highest BCUT2D eigenvalue weighted by molar-refractivity contribution is 5.85. The first-order chi connectivity index (χ1) is 1.50. The molecule has 0 N–H and O–H groups in total. The van der Waals surface area contributed by atoms with Gasteiger partial charge in [0, 0.05) is 6.21 Å². The van der Waals surface area contributed by atoms with E-state index in [2.05, 4.69) is 4.99 Å². The first-order valence-electron chi connectivity index (χ1n) is 0.983. The normalized spacial score (nSPS) is 14.0. The van der Waals surface area contributed by atoms with Gasteiger partial charge in [-0.25, -0.2) is 0 Å². The zero-order valence-corrected chi connectivity index (χ0v) is 2.96. The van der Waals surface area contributed by atoms with E-state index in [-0.39, 0.29) is 12.4 Å². The van der Waals surface area contributed by atoms with E-state index in [1.807, 2.05) is 6.21 Å². The SMILES string of the molecule is C1=NC1.Cl. The van der Waals surface area contributed by atoms with Gasteiger partial charge in [0.2, 0.25) is 0 Å². The van der Waals surface area contributed by atoms with E-state index in [1.165, 1.54) is 0 Å². The maximum absolute atomic E-state index is 3.62. The second-order valence-electron chi connectivity index (χ2n) is 0.548. The molecule has 1 nitrogen and oxygen atoms in total. The predicted molar refractivity (Wildman–Crippen MR) is 20.6 cm³/mol. The zero-order valence-electron chi connectivity index (χ0n) is 2.14. The standard InChI is InChI=1S/C2H3N.ClH/c1-2-3-1;/h1H,2H2;1H. The topological polar surface area (TPSA) is 12.4 Å². The molecule has 4 heavy (non-hydrogen) atoms. The highest BCUT2D eigenvalue weighted by Gasteiger charge is 1.76. The Hall–Kier alpha value is -0.0400. The summed E-state index contributed by atoms with van der Waals surface area (Å²) in [4.78, 5) is 3.62. The van der Waals surface area contributed by atoms with Gasteiger partial charge < -0.3 is 0 Å². The molecule has 1 aliphatic rings. The van der Waals surface area contributed by atoms with E-state index in [1.54, 1.807) is 0 Å². The van der Waals surface area contributed by atoms with Gasteiger partial charge in [-0.2, -0.15) is 0 Å². The summed E-state index contributed by atoms with van der Waals surface area (Å²) in [5.74, 6) is 0. The molecular formula is C2H4ClN. The number of aliphatic imine (C=N–C) groups is 1. The van der Waals surface area contributed by atoms with Crippen LogP contribution in [0, 0.1) is 0 Å². The molecule has 0 radical (unpaired) electrons. The molecular weight excluding hydrogens is 73.5 g/mol. The average molecular weight is 77.5 g/mol. The van der Waals surface area contributed by atoms with Crippen LogP contribution < -0.4 is 0 Å². The minimum absolute atomic E-state index is 0. The average Bonchev–Trinajstić information content (AvgIpc) is 1.46. The highest BCUT2D eigenvalue weighted by Crippen LogP contribution is 1.72. The summed E-state index contributed by atoms with van der Waals surface area (Å²) in [6.45, 7) is 1.00. The van der Waals surface area contributed by atoms with Crippen LogP contribution in [0.1, 0.15) is 0 Å². The van der Waals surface area contributed by atoms with Crippen LogP contribution in [0.3, 0.4) is 0 Å². The Morgan fingerprint density at radius 2 is 2.00 bits per heavy atom. The van der Waals surface area contributed by atoms with Crippen molar-refractivity contribution in [3.63, 3.8) is 0 Å². The molecule has 0 aromatic rings. The largest absolute Gasteiger partial charge is 0.290 e. The monoisotopic (exact) mass is 77.0 g/mol. The van der Waals surface area contributed by atoms with E-state index in [9.17, 15) is 0 Å². The minimum atomic E-state index is 0. The van der Waals surface area contributed by atoms with Crippen molar-refractivity contribution >= 4 is 18.6 Å². The number of hydrogen-bond acceptors (Lipinski definition) is 1. The lowest BCUT2D eigenvalue weighted by Gasteiger charge is -1.15. The van der Waals surface area contributed by atoms with Crippen molar-refractivity contribution in [2.24, 2.45) is 4.99 Å².